The number of rotatable bonds is 9. The molecular formula is C16H23NO4S. The molecule has 0 bridgehead atoms. The van der Waals surface area contributed by atoms with E-state index in [9.17, 15) is 4.79 Å². The third kappa shape index (κ3) is 7.15. The van der Waals surface area contributed by atoms with Gasteiger partial charge < -0.3 is 19.2 Å². The van der Waals surface area contributed by atoms with E-state index in [4.69, 9.17) is 13.9 Å². The van der Waals surface area contributed by atoms with E-state index < -0.39 is 0 Å². The molecule has 2 rings (SSSR count). The molecule has 2 heterocycles. The summed E-state index contributed by atoms with van der Waals surface area (Å²) in [7, 11) is 0. The Hall–Kier alpha value is -1.24. The second kappa shape index (κ2) is 10.5. The highest BCUT2D eigenvalue weighted by atomic mass is 32.2. The predicted molar refractivity (Wildman–Crippen MR) is 86.6 cm³/mol. The molecule has 0 radical (unpaired) electrons. The van der Waals surface area contributed by atoms with Gasteiger partial charge in [-0.25, -0.2) is 0 Å². The van der Waals surface area contributed by atoms with Crippen LogP contribution in [0.3, 0.4) is 0 Å². The Morgan fingerprint density at radius 1 is 1.45 bits per heavy atom. The summed E-state index contributed by atoms with van der Waals surface area (Å²) in [6.07, 6.45) is 8.65. The molecule has 0 aromatic carbocycles. The molecule has 1 atom stereocenters. The first-order valence-electron chi connectivity index (χ1n) is 7.59. The van der Waals surface area contributed by atoms with Gasteiger partial charge in [-0.3, -0.25) is 4.79 Å². The first-order chi connectivity index (χ1) is 10.8. The number of nitrogens with one attached hydrogen (secondary N) is 1. The molecule has 1 fully saturated rings. The van der Waals surface area contributed by atoms with Crippen molar-refractivity contribution in [2.45, 2.75) is 31.3 Å². The normalized spacial score (nSPS) is 18.6. The fourth-order valence-corrected chi connectivity index (χ4v) is 2.77. The van der Waals surface area contributed by atoms with Crippen LogP contribution < -0.4 is 5.32 Å². The summed E-state index contributed by atoms with van der Waals surface area (Å²) in [5.41, 5.74) is 0. The van der Waals surface area contributed by atoms with E-state index in [-0.39, 0.29) is 12.2 Å². The zero-order valence-corrected chi connectivity index (χ0v) is 13.5. The Morgan fingerprint density at radius 2 is 2.41 bits per heavy atom. The maximum Gasteiger partial charge on any atom is 0.230 e. The van der Waals surface area contributed by atoms with Crippen molar-refractivity contribution < 1.29 is 18.7 Å². The number of carbonyl (C=O) groups is 1. The fraction of sp³-hybridized carbons (Fsp3) is 0.562. The van der Waals surface area contributed by atoms with Crippen LogP contribution in [0.15, 0.2) is 35.0 Å². The number of hydrogen-bond acceptors (Lipinski definition) is 5. The SMILES string of the molecule is O=C(CSCc1ccco1)NC/C=C\COC1CCCCO1. The van der Waals surface area contributed by atoms with E-state index in [2.05, 4.69) is 5.32 Å². The molecule has 1 aromatic heterocycles. The first kappa shape index (κ1) is 17.1. The van der Waals surface area contributed by atoms with Crippen LogP contribution in [-0.2, 0) is 20.0 Å². The van der Waals surface area contributed by atoms with Crippen molar-refractivity contribution in [1.82, 2.24) is 5.32 Å². The highest BCUT2D eigenvalue weighted by molar-refractivity contribution is 7.99. The van der Waals surface area contributed by atoms with Crippen LogP contribution in [0.2, 0.25) is 0 Å². The van der Waals surface area contributed by atoms with Gasteiger partial charge in [-0.1, -0.05) is 12.2 Å². The summed E-state index contributed by atoms with van der Waals surface area (Å²) in [5, 5.41) is 2.84. The van der Waals surface area contributed by atoms with Crippen molar-refractivity contribution in [3.63, 3.8) is 0 Å². The number of furan rings is 1. The molecular weight excluding hydrogens is 302 g/mol. The van der Waals surface area contributed by atoms with Gasteiger partial charge >= 0.3 is 0 Å². The number of thioether (sulfide) groups is 1. The number of hydrogen-bond donors (Lipinski definition) is 1. The van der Waals surface area contributed by atoms with Gasteiger partial charge in [0.25, 0.3) is 0 Å². The van der Waals surface area contributed by atoms with E-state index in [0.717, 1.165) is 25.2 Å². The highest BCUT2D eigenvalue weighted by Gasteiger charge is 2.12. The van der Waals surface area contributed by atoms with Crippen LogP contribution >= 0.6 is 11.8 Å². The molecule has 5 nitrogen and oxygen atoms in total. The second-order valence-electron chi connectivity index (χ2n) is 4.98. The highest BCUT2D eigenvalue weighted by Crippen LogP contribution is 2.13. The van der Waals surface area contributed by atoms with Crippen molar-refractivity contribution in [2.24, 2.45) is 0 Å². The van der Waals surface area contributed by atoms with Gasteiger partial charge in [-0.15, -0.1) is 11.8 Å². The van der Waals surface area contributed by atoms with Crippen LogP contribution in [-0.4, -0.2) is 37.7 Å². The van der Waals surface area contributed by atoms with Crippen molar-refractivity contribution in [1.29, 1.82) is 0 Å². The first-order valence-corrected chi connectivity index (χ1v) is 8.75. The van der Waals surface area contributed by atoms with Gasteiger partial charge in [0.05, 0.1) is 24.4 Å². The lowest BCUT2D eigenvalue weighted by Gasteiger charge is -2.21. The van der Waals surface area contributed by atoms with Crippen LogP contribution in [0.5, 0.6) is 0 Å². The quantitative estimate of drug-likeness (QED) is 0.707. The van der Waals surface area contributed by atoms with Crippen molar-refractivity contribution in [3.8, 4) is 0 Å². The number of carbonyl (C=O) groups excluding carboxylic acids is 1. The maximum atomic E-state index is 11.6. The van der Waals surface area contributed by atoms with Crippen LogP contribution in [0.4, 0.5) is 0 Å². The minimum absolute atomic E-state index is 0.0257. The summed E-state index contributed by atoms with van der Waals surface area (Å²) < 4.78 is 16.2. The average Bonchev–Trinajstić information content (AvgIpc) is 3.05. The summed E-state index contributed by atoms with van der Waals surface area (Å²) >= 11 is 1.54. The Labute approximate surface area is 135 Å². The molecule has 22 heavy (non-hydrogen) atoms. The molecule has 122 valence electrons. The number of amides is 1. The van der Waals surface area contributed by atoms with Gasteiger partial charge in [0.15, 0.2) is 6.29 Å². The van der Waals surface area contributed by atoms with Gasteiger partial charge in [0.2, 0.25) is 5.91 Å². The van der Waals surface area contributed by atoms with E-state index in [1.165, 1.54) is 18.2 Å². The maximum absolute atomic E-state index is 11.6. The molecule has 0 spiro atoms. The molecule has 1 aliphatic heterocycles. The molecule has 1 aliphatic rings. The van der Waals surface area contributed by atoms with Crippen molar-refractivity contribution >= 4 is 17.7 Å². The Bertz CT molecular complexity index is 441. The summed E-state index contributed by atoms with van der Waals surface area (Å²) in [6.45, 7) is 1.84. The third-order valence-electron chi connectivity index (χ3n) is 3.16. The third-order valence-corrected chi connectivity index (χ3v) is 4.11. The van der Waals surface area contributed by atoms with E-state index in [1.54, 1.807) is 6.26 Å². The lowest BCUT2D eigenvalue weighted by molar-refractivity contribution is -0.155. The van der Waals surface area contributed by atoms with Gasteiger partial charge in [-0.2, -0.15) is 0 Å². The fourth-order valence-electron chi connectivity index (χ4n) is 2.02. The van der Waals surface area contributed by atoms with Crippen molar-refractivity contribution in [2.75, 3.05) is 25.5 Å². The molecule has 6 heteroatoms. The molecule has 1 unspecified atom stereocenters. The monoisotopic (exact) mass is 325 g/mol. The lowest BCUT2D eigenvalue weighted by Crippen LogP contribution is -2.25. The molecule has 0 aliphatic carbocycles. The summed E-state index contributed by atoms with van der Waals surface area (Å²) in [5.74, 6) is 2.06. The molecule has 1 amide bonds. The number of ether oxygens (including phenoxy) is 2. The van der Waals surface area contributed by atoms with E-state index >= 15 is 0 Å². The summed E-state index contributed by atoms with van der Waals surface area (Å²) in [6, 6.07) is 3.75. The van der Waals surface area contributed by atoms with Crippen LogP contribution in [0.25, 0.3) is 0 Å². The Kier molecular flexibility index (Phi) is 8.15. The Morgan fingerprint density at radius 3 is 3.18 bits per heavy atom. The molecule has 0 saturated carbocycles. The zero-order chi connectivity index (χ0) is 15.5. The smallest absolute Gasteiger partial charge is 0.230 e. The van der Waals surface area contributed by atoms with Crippen molar-refractivity contribution in [3.05, 3.63) is 36.3 Å². The van der Waals surface area contributed by atoms with Gasteiger partial charge in [0.1, 0.15) is 5.76 Å². The predicted octanol–water partition coefficient (Wildman–Crippen LogP) is 2.73. The average molecular weight is 325 g/mol. The zero-order valence-electron chi connectivity index (χ0n) is 12.7. The van der Waals surface area contributed by atoms with Gasteiger partial charge in [-0.05, 0) is 31.4 Å². The molecule has 1 saturated heterocycles. The largest absolute Gasteiger partial charge is 0.468 e. The topological polar surface area (TPSA) is 60.7 Å². The minimum Gasteiger partial charge on any atom is -0.468 e. The van der Waals surface area contributed by atoms with E-state index in [0.29, 0.717) is 24.7 Å². The van der Waals surface area contributed by atoms with E-state index in [1.807, 2.05) is 24.3 Å². The second-order valence-corrected chi connectivity index (χ2v) is 5.96. The van der Waals surface area contributed by atoms with Gasteiger partial charge in [0, 0.05) is 13.2 Å². The Balaban J connectivity index is 1.45. The lowest BCUT2D eigenvalue weighted by atomic mass is 10.2. The molecule has 1 N–H and O–H groups in total. The van der Waals surface area contributed by atoms with Crippen LogP contribution in [0, 0.1) is 0 Å². The molecule has 1 aromatic rings. The summed E-state index contributed by atoms with van der Waals surface area (Å²) in [4.78, 5) is 11.6. The minimum atomic E-state index is -0.0639. The standard InChI is InChI=1S/C16H23NO4S/c18-15(13-22-12-14-6-5-11-19-14)17-8-2-4-10-21-16-7-1-3-9-20-16/h2,4-6,11,16H,1,3,7-10,12-13H2,(H,17,18)/b4-2-. The van der Waals surface area contributed by atoms with Crippen LogP contribution in [0.1, 0.15) is 25.0 Å².